The first-order valence-corrected chi connectivity index (χ1v) is 16.4. The van der Waals surface area contributed by atoms with Crippen LogP contribution in [0.2, 0.25) is 0 Å². The molecule has 2 heterocycles. The minimum atomic E-state index is -4.02. The van der Waals surface area contributed by atoms with Crippen molar-refractivity contribution in [3.8, 4) is 17.2 Å². The lowest BCUT2D eigenvalue weighted by molar-refractivity contribution is -0.127. The Morgan fingerprint density at radius 1 is 0.905 bits per heavy atom. The highest BCUT2D eigenvalue weighted by atomic mass is 32.2. The maximum Gasteiger partial charge on any atom is 0.264 e. The first kappa shape index (κ1) is 29.7. The number of anilines is 1. The van der Waals surface area contributed by atoms with Gasteiger partial charge in [0.25, 0.3) is 15.9 Å². The lowest BCUT2D eigenvalue weighted by Crippen LogP contribution is -2.51. The van der Waals surface area contributed by atoms with Crippen LogP contribution in [0.25, 0.3) is 0 Å². The van der Waals surface area contributed by atoms with E-state index < -0.39 is 32.1 Å². The summed E-state index contributed by atoms with van der Waals surface area (Å²) >= 11 is 0. The summed E-state index contributed by atoms with van der Waals surface area (Å²) in [6, 6.07) is 17.4. The van der Waals surface area contributed by atoms with Crippen LogP contribution in [0.4, 0.5) is 5.69 Å². The molecule has 3 aromatic carbocycles. The van der Waals surface area contributed by atoms with Gasteiger partial charge in [0.2, 0.25) is 10.0 Å². The number of hydrogen-bond donors (Lipinski definition) is 1. The van der Waals surface area contributed by atoms with Gasteiger partial charge in [-0.3, -0.25) is 9.10 Å². The lowest BCUT2D eigenvalue weighted by atomic mass is 10.1. The first-order valence-electron chi connectivity index (χ1n) is 13.5. The molecule has 1 saturated heterocycles. The van der Waals surface area contributed by atoms with Crippen molar-refractivity contribution in [1.82, 2.24) is 9.62 Å². The molecule has 2 aliphatic rings. The number of nitrogens with one attached hydrogen (secondary N) is 1. The van der Waals surface area contributed by atoms with Crippen molar-refractivity contribution in [3.05, 3.63) is 72.3 Å². The van der Waals surface area contributed by atoms with Gasteiger partial charge in [0.05, 0.1) is 35.7 Å². The summed E-state index contributed by atoms with van der Waals surface area (Å²) in [5.41, 5.74) is 1.20. The maximum atomic E-state index is 13.6. The molecule has 1 N–H and O–H groups in total. The summed E-state index contributed by atoms with van der Waals surface area (Å²) in [5, 5.41) is 2.73. The third-order valence-corrected chi connectivity index (χ3v) is 10.8. The minimum Gasteiger partial charge on any atom is -0.497 e. The van der Waals surface area contributed by atoms with E-state index in [1.165, 1.54) is 40.0 Å². The van der Waals surface area contributed by atoms with E-state index in [-0.39, 0.29) is 35.2 Å². The van der Waals surface area contributed by atoms with E-state index in [0.29, 0.717) is 30.3 Å². The molecule has 0 bridgehead atoms. The van der Waals surface area contributed by atoms with Gasteiger partial charge >= 0.3 is 0 Å². The fraction of sp³-hybridized carbons (Fsp3) is 0.345. The van der Waals surface area contributed by atoms with Gasteiger partial charge in [-0.05, 0) is 86.0 Å². The number of carbonyl (C=O) groups excluding carboxylic acids is 1. The Hall–Kier alpha value is -3.81. The molecule has 0 aliphatic carbocycles. The van der Waals surface area contributed by atoms with Crippen LogP contribution in [0.1, 0.15) is 18.4 Å². The number of methoxy groups -OCH3 is 1. The number of ether oxygens (including phenoxy) is 3. The summed E-state index contributed by atoms with van der Waals surface area (Å²) in [4.78, 5) is 13.3. The van der Waals surface area contributed by atoms with E-state index in [1.807, 2.05) is 6.92 Å². The molecule has 1 atom stereocenters. The number of amides is 1. The Labute approximate surface area is 246 Å². The van der Waals surface area contributed by atoms with Crippen LogP contribution in [-0.2, 0) is 24.8 Å². The van der Waals surface area contributed by atoms with Crippen LogP contribution < -0.4 is 23.8 Å². The Balaban J connectivity index is 1.21. The highest BCUT2D eigenvalue weighted by Crippen LogP contribution is 2.38. The van der Waals surface area contributed by atoms with E-state index in [0.717, 1.165) is 18.4 Å². The number of fused-ring (bicyclic) bond motifs is 1. The zero-order chi connectivity index (χ0) is 29.9. The van der Waals surface area contributed by atoms with Gasteiger partial charge in [0.1, 0.15) is 23.9 Å². The molecule has 1 amide bonds. The van der Waals surface area contributed by atoms with Crippen molar-refractivity contribution in [3.63, 3.8) is 0 Å². The number of hydrogen-bond acceptors (Lipinski definition) is 8. The molecule has 0 saturated carbocycles. The van der Waals surface area contributed by atoms with Crippen molar-refractivity contribution in [2.45, 2.75) is 35.7 Å². The fourth-order valence-electron chi connectivity index (χ4n) is 4.84. The topological polar surface area (TPSA) is 132 Å². The van der Waals surface area contributed by atoms with E-state index in [9.17, 15) is 21.6 Å². The van der Waals surface area contributed by atoms with Crippen molar-refractivity contribution in [2.24, 2.45) is 0 Å². The van der Waals surface area contributed by atoms with Gasteiger partial charge in [0, 0.05) is 13.1 Å². The third kappa shape index (κ3) is 6.18. The number of benzene rings is 3. The van der Waals surface area contributed by atoms with E-state index in [2.05, 4.69) is 5.32 Å². The highest BCUT2D eigenvalue weighted by Gasteiger charge is 2.37. The number of aryl methyl sites for hydroxylation is 1. The number of carbonyl (C=O) groups is 1. The second kappa shape index (κ2) is 12.2. The molecule has 11 nitrogen and oxygen atoms in total. The first-order chi connectivity index (χ1) is 20.1. The Kier molecular flexibility index (Phi) is 8.62. The van der Waals surface area contributed by atoms with Gasteiger partial charge in [-0.1, -0.05) is 6.07 Å². The van der Waals surface area contributed by atoms with Gasteiger partial charge in [-0.25, -0.2) is 16.8 Å². The van der Waals surface area contributed by atoms with Crippen molar-refractivity contribution in [2.75, 3.05) is 44.2 Å². The van der Waals surface area contributed by atoms with Gasteiger partial charge in [-0.15, -0.1) is 0 Å². The standard InChI is InChI=1S/C29H33N3O8S2/c1-21-5-14-27-26(19-21)32(42(36,37)25-10-6-22(38-2)7-11-25)20-28(40-27)29(33)30-15-18-39-23-8-12-24(13-9-23)41(34,35)31-16-3-4-17-31/h5-14,19,28H,3-4,15-18,20H2,1-2H3,(H,30,33)/t28-/m0/s1. The summed E-state index contributed by atoms with van der Waals surface area (Å²) in [5.74, 6) is 0.769. The van der Waals surface area contributed by atoms with Crippen LogP contribution >= 0.6 is 0 Å². The molecule has 3 aromatic rings. The average Bonchev–Trinajstić information content (AvgIpc) is 3.55. The lowest BCUT2D eigenvalue weighted by Gasteiger charge is -2.35. The zero-order valence-corrected chi connectivity index (χ0v) is 25.0. The van der Waals surface area contributed by atoms with Crippen molar-refractivity contribution in [1.29, 1.82) is 0 Å². The number of sulfonamides is 2. The van der Waals surface area contributed by atoms with Crippen molar-refractivity contribution < 1.29 is 35.8 Å². The van der Waals surface area contributed by atoms with E-state index in [4.69, 9.17) is 14.2 Å². The molecule has 0 aromatic heterocycles. The minimum absolute atomic E-state index is 0.0597. The Morgan fingerprint density at radius 3 is 2.17 bits per heavy atom. The molecule has 42 heavy (non-hydrogen) atoms. The fourth-order valence-corrected chi connectivity index (χ4v) is 7.83. The smallest absolute Gasteiger partial charge is 0.264 e. The molecular weight excluding hydrogens is 582 g/mol. The molecule has 2 aliphatic heterocycles. The summed E-state index contributed by atoms with van der Waals surface area (Å²) in [7, 11) is -6.03. The molecular formula is C29H33N3O8S2. The SMILES string of the molecule is COc1ccc(S(=O)(=O)N2C[C@@H](C(=O)NCCOc3ccc(S(=O)(=O)N4CCCC4)cc3)Oc3ccc(C)cc32)cc1. The van der Waals surface area contributed by atoms with E-state index in [1.54, 1.807) is 42.5 Å². The number of nitrogens with zero attached hydrogens (tertiary/aromatic N) is 2. The second-order valence-electron chi connectivity index (χ2n) is 10.0. The highest BCUT2D eigenvalue weighted by molar-refractivity contribution is 7.92. The molecule has 5 rings (SSSR count). The molecule has 0 unspecified atom stereocenters. The monoisotopic (exact) mass is 615 g/mol. The third-order valence-electron chi connectivity index (χ3n) is 7.12. The number of rotatable bonds is 10. The average molecular weight is 616 g/mol. The Bertz CT molecular complexity index is 1640. The molecule has 224 valence electrons. The van der Waals surface area contributed by atoms with Crippen LogP contribution in [0.5, 0.6) is 17.2 Å². The Morgan fingerprint density at radius 2 is 1.52 bits per heavy atom. The maximum absolute atomic E-state index is 13.6. The molecule has 13 heteroatoms. The quantitative estimate of drug-likeness (QED) is 0.345. The summed E-state index contributed by atoms with van der Waals surface area (Å²) in [6.07, 6.45) is 0.630. The summed E-state index contributed by atoms with van der Waals surface area (Å²) < 4.78 is 72.1. The van der Waals surface area contributed by atoms with Crippen LogP contribution in [0.15, 0.2) is 76.5 Å². The predicted octanol–water partition coefficient (Wildman–Crippen LogP) is 2.94. The van der Waals surface area contributed by atoms with E-state index >= 15 is 0 Å². The normalized spacial score (nSPS) is 17.3. The predicted molar refractivity (Wildman–Crippen MR) is 156 cm³/mol. The van der Waals surface area contributed by atoms with Gasteiger partial charge < -0.3 is 19.5 Å². The molecule has 0 radical (unpaired) electrons. The van der Waals surface area contributed by atoms with Crippen LogP contribution in [0, 0.1) is 6.92 Å². The van der Waals surface area contributed by atoms with Gasteiger partial charge in [-0.2, -0.15) is 4.31 Å². The van der Waals surface area contributed by atoms with Gasteiger partial charge in [0.15, 0.2) is 6.10 Å². The van der Waals surface area contributed by atoms with Crippen molar-refractivity contribution >= 4 is 31.6 Å². The van der Waals surface area contributed by atoms with Crippen LogP contribution in [0.3, 0.4) is 0 Å². The summed E-state index contributed by atoms with van der Waals surface area (Å²) in [6.45, 7) is 2.92. The second-order valence-corrected chi connectivity index (χ2v) is 13.8. The molecule has 0 spiro atoms. The zero-order valence-electron chi connectivity index (χ0n) is 23.4. The molecule has 1 fully saturated rings. The largest absolute Gasteiger partial charge is 0.497 e. The van der Waals surface area contributed by atoms with Crippen LogP contribution in [-0.4, -0.2) is 73.0 Å².